The first-order chi connectivity index (χ1) is 7.27. The molecule has 0 aliphatic rings. The van der Waals surface area contributed by atoms with Crippen LogP contribution in [0, 0.1) is 3.70 Å². The molecule has 0 aliphatic carbocycles. The quantitative estimate of drug-likeness (QED) is 0.504. The van der Waals surface area contributed by atoms with Crippen LogP contribution in [0.25, 0.3) is 0 Å². The fourth-order valence-electron chi connectivity index (χ4n) is 1.08. The van der Waals surface area contributed by atoms with E-state index in [0.717, 1.165) is 0 Å². The highest BCUT2D eigenvalue weighted by molar-refractivity contribution is 14.1. The highest BCUT2D eigenvalue weighted by atomic mass is 127. The molecule has 0 amide bonds. The van der Waals surface area contributed by atoms with Crippen LogP contribution in [0.4, 0.5) is 22.0 Å². The van der Waals surface area contributed by atoms with E-state index in [2.05, 4.69) is 4.98 Å². The number of pyridine rings is 1. The van der Waals surface area contributed by atoms with Crippen molar-refractivity contribution in [3.05, 3.63) is 26.6 Å². The molecule has 0 bridgehead atoms. The van der Waals surface area contributed by atoms with Crippen molar-refractivity contribution < 1.29 is 27.1 Å². The topological polar surface area (TPSA) is 33.1 Å². The van der Waals surface area contributed by atoms with Gasteiger partial charge in [0, 0.05) is 0 Å². The first-order valence-corrected chi connectivity index (χ1v) is 5.00. The zero-order valence-corrected chi connectivity index (χ0v) is 9.68. The van der Waals surface area contributed by atoms with E-state index in [1.165, 1.54) is 22.6 Å². The number of rotatable bonds is 2. The van der Waals surface area contributed by atoms with Gasteiger partial charge in [-0.2, -0.15) is 13.2 Å². The van der Waals surface area contributed by atoms with Crippen LogP contribution in [0.5, 0.6) is 0 Å². The van der Waals surface area contributed by atoms with Gasteiger partial charge in [-0.25, -0.2) is 13.8 Å². The normalized spacial score (nSPS) is 12.2. The fourth-order valence-corrected chi connectivity index (χ4v) is 1.92. The third-order valence-electron chi connectivity index (χ3n) is 1.78. The Morgan fingerprint density at radius 1 is 1.38 bits per heavy atom. The number of hydrogen-bond acceptors (Lipinski definition) is 2. The Morgan fingerprint density at radius 3 is 2.31 bits per heavy atom. The van der Waals surface area contributed by atoms with Gasteiger partial charge >= 0.3 is 6.18 Å². The van der Waals surface area contributed by atoms with Gasteiger partial charge < -0.3 is 5.11 Å². The predicted octanol–water partition coefficient (Wildman–Crippen LogP) is 3.13. The zero-order chi connectivity index (χ0) is 12.5. The lowest BCUT2D eigenvalue weighted by molar-refractivity contribution is -0.141. The standard InChI is InChI=1S/C8H5F5INO/c9-6(10)5-3(2-16)1-4(8(11,12)13)15-7(5)14/h1,6,16H,2H2. The number of halogens is 6. The summed E-state index contributed by atoms with van der Waals surface area (Å²) in [4.78, 5) is 3.04. The number of hydrogen-bond donors (Lipinski definition) is 1. The predicted molar refractivity (Wildman–Crippen MR) is 52.8 cm³/mol. The average Bonchev–Trinajstić information content (AvgIpc) is 2.14. The minimum Gasteiger partial charge on any atom is -0.392 e. The molecule has 0 unspecified atom stereocenters. The molecule has 1 heterocycles. The minimum absolute atomic E-state index is 0.434. The summed E-state index contributed by atoms with van der Waals surface area (Å²) in [5.41, 5.74) is -2.40. The molecule has 0 fully saturated rings. The smallest absolute Gasteiger partial charge is 0.392 e. The maximum Gasteiger partial charge on any atom is 0.433 e. The molecule has 0 saturated carbocycles. The molecule has 1 aromatic heterocycles. The summed E-state index contributed by atoms with van der Waals surface area (Å²) in [6.07, 6.45) is -7.69. The highest BCUT2D eigenvalue weighted by Gasteiger charge is 2.34. The molecule has 16 heavy (non-hydrogen) atoms. The number of aliphatic hydroxyl groups excluding tert-OH is 1. The van der Waals surface area contributed by atoms with Gasteiger partial charge in [-0.1, -0.05) is 0 Å². The van der Waals surface area contributed by atoms with Crippen molar-refractivity contribution in [3.8, 4) is 0 Å². The monoisotopic (exact) mass is 353 g/mol. The molecule has 1 N–H and O–H groups in total. The Balaban J connectivity index is 3.38. The van der Waals surface area contributed by atoms with Crippen LogP contribution in [0.1, 0.15) is 23.2 Å². The van der Waals surface area contributed by atoms with Gasteiger partial charge in [-0.3, -0.25) is 0 Å². The molecule has 2 nitrogen and oxygen atoms in total. The van der Waals surface area contributed by atoms with Crippen LogP contribution in [0.15, 0.2) is 6.07 Å². The highest BCUT2D eigenvalue weighted by Crippen LogP contribution is 2.33. The minimum atomic E-state index is -4.72. The maximum absolute atomic E-state index is 12.5. The summed E-state index contributed by atoms with van der Waals surface area (Å²) in [5.74, 6) is 0. The average molecular weight is 353 g/mol. The van der Waals surface area contributed by atoms with E-state index in [4.69, 9.17) is 5.11 Å². The Kier molecular flexibility index (Phi) is 4.05. The van der Waals surface area contributed by atoms with Crippen LogP contribution < -0.4 is 0 Å². The van der Waals surface area contributed by atoms with Gasteiger partial charge in [0.05, 0.1) is 12.2 Å². The first-order valence-electron chi connectivity index (χ1n) is 3.93. The molecule has 0 radical (unpaired) electrons. The lowest BCUT2D eigenvalue weighted by atomic mass is 10.1. The molecule has 1 rings (SSSR count). The van der Waals surface area contributed by atoms with E-state index in [9.17, 15) is 22.0 Å². The van der Waals surface area contributed by atoms with Gasteiger partial charge in [0.25, 0.3) is 6.43 Å². The molecule has 1 aromatic rings. The second-order valence-corrected chi connectivity index (χ2v) is 3.85. The molecular formula is C8H5F5INO. The number of aliphatic hydroxyl groups is 1. The third kappa shape index (κ3) is 2.78. The van der Waals surface area contributed by atoms with Crippen molar-refractivity contribution in [1.29, 1.82) is 0 Å². The summed E-state index contributed by atoms with van der Waals surface area (Å²) in [6, 6.07) is 0.434. The largest absolute Gasteiger partial charge is 0.433 e. The van der Waals surface area contributed by atoms with Crippen molar-refractivity contribution in [2.75, 3.05) is 0 Å². The molecule has 90 valence electrons. The Bertz CT molecular complexity index is 393. The molecule has 0 saturated heterocycles. The van der Waals surface area contributed by atoms with Gasteiger partial charge in [0.1, 0.15) is 9.39 Å². The SMILES string of the molecule is OCc1cc(C(F)(F)F)nc(I)c1C(F)F. The fraction of sp³-hybridized carbons (Fsp3) is 0.375. The van der Waals surface area contributed by atoms with Crippen LogP contribution in [-0.2, 0) is 12.8 Å². The summed E-state index contributed by atoms with van der Waals surface area (Å²) in [7, 11) is 0. The number of aromatic nitrogens is 1. The van der Waals surface area contributed by atoms with Gasteiger partial charge in [0.15, 0.2) is 0 Å². The third-order valence-corrected chi connectivity index (χ3v) is 2.60. The molecular weight excluding hydrogens is 348 g/mol. The van der Waals surface area contributed by atoms with Crippen LogP contribution >= 0.6 is 22.6 Å². The molecule has 0 atom stereocenters. The van der Waals surface area contributed by atoms with E-state index in [-0.39, 0.29) is 0 Å². The van der Waals surface area contributed by atoms with Crippen LogP contribution in [0.2, 0.25) is 0 Å². The van der Waals surface area contributed by atoms with E-state index >= 15 is 0 Å². The van der Waals surface area contributed by atoms with E-state index in [0.29, 0.717) is 6.07 Å². The Labute approximate surface area is 101 Å². The Hall–Kier alpha value is -0.510. The van der Waals surface area contributed by atoms with Crippen molar-refractivity contribution in [2.24, 2.45) is 0 Å². The summed E-state index contributed by atoms with van der Waals surface area (Å²) < 4.78 is 61.3. The summed E-state index contributed by atoms with van der Waals surface area (Å²) in [5, 5.41) is 8.75. The molecule has 0 aliphatic heterocycles. The van der Waals surface area contributed by atoms with E-state index in [1.54, 1.807) is 0 Å². The lowest BCUT2D eigenvalue weighted by Gasteiger charge is -2.12. The second kappa shape index (κ2) is 4.78. The van der Waals surface area contributed by atoms with E-state index in [1.807, 2.05) is 0 Å². The van der Waals surface area contributed by atoms with Crippen molar-refractivity contribution in [2.45, 2.75) is 19.2 Å². The van der Waals surface area contributed by atoms with E-state index < -0.39 is 39.7 Å². The zero-order valence-electron chi connectivity index (χ0n) is 7.52. The summed E-state index contributed by atoms with van der Waals surface area (Å²) in [6.45, 7) is -0.888. The number of alkyl halides is 5. The van der Waals surface area contributed by atoms with Crippen molar-refractivity contribution in [1.82, 2.24) is 4.98 Å². The first kappa shape index (κ1) is 13.6. The number of nitrogens with zero attached hydrogens (tertiary/aromatic N) is 1. The molecule has 0 aromatic carbocycles. The van der Waals surface area contributed by atoms with Gasteiger partial charge in [-0.15, -0.1) is 0 Å². The lowest BCUT2D eigenvalue weighted by Crippen LogP contribution is -2.12. The van der Waals surface area contributed by atoms with Crippen LogP contribution in [0.3, 0.4) is 0 Å². The Morgan fingerprint density at radius 2 is 1.94 bits per heavy atom. The van der Waals surface area contributed by atoms with Gasteiger partial charge in [-0.05, 0) is 34.2 Å². The van der Waals surface area contributed by atoms with Crippen LogP contribution in [-0.4, -0.2) is 10.1 Å². The molecule has 8 heteroatoms. The van der Waals surface area contributed by atoms with Crippen molar-refractivity contribution >= 4 is 22.6 Å². The summed E-state index contributed by atoms with van der Waals surface area (Å²) >= 11 is 1.29. The second-order valence-electron chi connectivity index (χ2n) is 2.83. The van der Waals surface area contributed by atoms with Gasteiger partial charge in [0.2, 0.25) is 0 Å². The maximum atomic E-state index is 12.5. The van der Waals surface area contributed by atoms with Crippen molar-refractivity contribution in [3.63, 3.8) is 0 Å². The molecule has 0 spiro atoms.